The fourth-order valence-corrected chi connectivity index (χ4v) is 4.17. The van der Waals surface area contributed by atoms with E-state index in [0.717, 1.165) is 56.0 Å². The van der Waals surface area contributed by atoms with Gasteiger partial charge in [0, 0.05) is 43.4 Å². The number of nitrogens with zero attached hydrogens (tertiary/aromatic N) is 1. The standard InChI is InChI=1S/C21H25N3O2/c25-21(20-14-23-13-19(20)15-6-9-26-10-7-15)24-18-5-1-3-16(11-18)17-4-2-8-22-12-17/h1-5,8,11-12,15,19-20,23H,6-7,9-10,13-14H2,(H,24,25)/t19-,20+/m0/s1. The molecule has 1 amide bonds. The Morgan fingerprint density at radius 1 is 1.12 bits per heavy atom. The third kappa shape index (κ3) is 3.79. The third-order valence-corrected chi connectivity index (χ3v) is 5.59. The lowest BCUT2D eigenvalue weighted by Gasteiger charge is -2.30. The van der Waals surface area contributed by atoms with Crippen molar-refractivity contribution in [1.82, 2.24) is 10.3 Å². The Bertz CT molecular complexity index is 744. The van der Waals surface area contributed by atoms with Crippen molar-refractivity contribution in [3.63, 3.8) is 0 Å². The number of hydrogen-bond donors (Lipinski definition) is 2. The van der Waals surface area contributed by atoms with Crippen LogP contribution in [0.4, 0.5) is 5.69 Å². The molecule has 2 fully saturated rings. The molecule has 2 aliphatic rings. The number of rotatable bonds is 4. The third-order valence-electron chi connectivity index (χ3n) is 5.59. The molecule has 1 aromatic carbocycles. The molecule has 2 N–H and O–H groups in total. The number of ether oxygens (including phenoxy) is 1. The summed E-state index contributed by atoms with van der Waals surface area (Å²) in [5.74, 6) is 1.13. The number of carbonyl (C=O) groups excluding carboxylic acids is 1. The van der Waals surface area contributed by atoms with E-state index in [9.17, 15) is 4.79 Å². The van der Waals surface area contributed by atoms with Gasteiger partial charge >= 0.3 is 0 Å². The van der Waals surface area contributed by atoms with E-state index in [0.29, 0.717) is 11.8 Å². The van der Waals surface area contributed by atoms with Crippen LogP contribution in [0.3, 0.4) is 0 Å². The van der Waals surface area contributed by atoms with Crippen LogP contribution >= 0.6 is 0 Å². The number of aromatic nitrogens is 1. The van der Waals surface area contributed by atoms with E-state index < -0.39 is 0 Å². The fourth-order valence-electron chi connectivity index (χ4n) is 4.17. The average Bonchev–Trinajstić information content (AvgIpc) is 3.20. The van der Waals surface area contributed by atoms with E-state index in [2.05, 4.69) is 15.6 Å². The lowest BCUT2D eigenvalue weighted by Crippen LogP contribution is -2.34. The SMILES string of the molecule is O=C(Nc1cccc(-c2cccnc2)c1)[C@@H]1CNC[C@H]1C1CCOCC1. The molecule has 0 spiro atoms. The number of carbonyl (C=O) groups is 1. The van der Waals surface area contributed by atoms with E-state index >= 15 is 0 Å². The lowest BCUT2D eigenvalue weighted by molar-refractivity contribution is -0.121. The smallest absolute Gasteiger partial charge is 0.229 e. The van der Waals surface area contributed by atoms with Gasteiger partial charge in [0.15, 0.2) is 0 Å². The molecule has 4 rings (SSSR count). The zero-order valence-corrected chi connectivity index (χ0v) is 14.9. The Hall–Kier alpha value is -2.24. The van der Waals surface area contributed by atoms with Crippen molar-refractivity contribution in [3.8, 4) is 11.1 Å². The highest BCUT2D eigenvalue weighted by atomic mass is 16.5. The van der Waals surface area contributed by atoms with Crippen molar-refractivity contribution >= 4 is 11.6 Å². The van der Waals surface area contributed by atoms with E-state index in [1.54, 1.807) is 6.20 Å². The maximum Gasteiger partial charge on any atom is 0.229 e. The van der Waals surface area contributed by atoms with Gasteiger partial charge in [-0.1, -0.05) is 18.2 Å². The summed E-state index contributed by atoms with van der Waals surface area (Å²) < 4.78 is 5.48. The highest BCUT2D eigenvalue weighted by molar-refractivity contribution is 5.93. The molecule has 0 aliphatic carbocycles. The fraction of sp³-hybridized carbons (Fsp3) is 0.429. The largest absolute Gasteiger partial charge is 0.381 e. The first-order chi connectivity index (χ1) is 12.8. The molecule has 26 heavy (non-hydrogen) atoms. The number of hydrogen-bond acceptors (Lipinski definition) is 4. The topological polar surface area (TPSA) is 63.2 Å². The second kappa shape index (κ2) is 7.98. The van der Waals surface area contributed by atoms with Crippen LogP contribution in [0.5, 0.6) is 0 Å². The Morgan fingerprint density at radius 2 is 1.96 bits per heavy atom. The number of anilines is 1. The number of amides is 1. The van der Waals surface area contributed by atoms with E-state index in [4.69, 9.17) is 4.74 Å². The number of nitrogens with one attached hydrogen (secondary N) is 2. The Morgan fingerprint density at radius 3 is 2.77 bits per heavy atom. The van der Waals surface area contributed by atoms with Gasteiger partial charge < -0.3 is 15.4 Å². The van der Waals surface area contributed by atoms with Gasteiger partial charge in [-0.3, -0.25) is 9.78 Å². The molecular weight excluding hydrogens is 326 g/mol. The van der Waals surface area contributed by atoms with Crippen molar-refractivity contribution in [1.29, 1.82) is 0 Å². The van der Waals surface area contributed by atoms with Crippen LogP contribution in [0.15, 0.2) is 48.8 Å². The van der Waals surface area contributed by atoms with Crippen molar-refractivity contribution in [2.75, 3.05) is 31.6 Å². The summed E-state index contributed by atoms with van der Waals surface area (Å²) in [5.41, 5.74) is 2.95. The van der Waals surface area contributed by atoms with Gasteiger partial charge in [-0.2, -0.15) is 0 Å². The second-order valence-electron chi connectivity index (χ2n) is 7.19. The van der Waals surface area contributed by atoms with Gasteiger partial charge in [-0.25, -0.2) is 0 Å². The second-order valence-corrected chi connectivity index (χ2v) is 7.19. The molecule has 2 atom stereocenters. The molecule has 2 saturated heterocycles. The first-order valence-electron chi connectivity index (χ1n) is 9.41. The Labute approximate surface area is 154 Å². The predicted molar refractivity (Wildman–Crippen MR) is 102 cm³/mol. The Kier molecular flexibility index (Phi) is 5.27. The Balaban J connectivity index is 1.46. The van der Waals surface area contributed by atoms with Crippen LogP contribution in [0, 0.1) is 17.8 Å². The van der Waals surface area contributed by atoms with Crippen LogP contribution < -0.4 is 10.6 Å². The zero-order valence-electron chi connectivity index (χ0n) is 14.9. The van der Waals surface area contributed by atoms with Gasteiger partial charge in [0.25, 0.3) is 0 Å². The zero-order chi connectivity index (χ0) is 17.8. The summed E-state index contributed by atoms with van der Waals surface area (Å²) in [6.45, 7) is 3.33. The predicted octanol–water partition coefficient (Wildman–Crippen LogP) is 2.95. The molecule has 2 aromatic rings. The van der Waals surface area contributed by atoms with Gasteiger partial charge in [0.2, 0.25) is 5.91 Å². The molecule has 2 aliphatic heterocycles. The van der Waals surface area contributed by atoms with E-state index in [-0.39, 0.29) is 11.8 Å². The molecule has 136 valence electrons. The number of benzene rings is 1. The van der Waals surface area contributed by atoms with E-state index in [1.807, 2.05) is 42.6 Å². The molecule has 1 aromatic heterocycles. The molecule has 0 saturated carbocycles. The van der Waals surface area contributed by atoms with Crippen LogP contribution in [0.2, 0.25) is 0 Å². The van der Waals surface area contributed by atoms with Gasteiger partial charge in [-0.15, -0.1) is 0 Å². The number of pyridine rings is 1. The minimum Gasteiger partial charge on any atom is -0.381 e. The summed E-state index contributed by atoms with van der Waals surface area (Å²) in [7, 11) is 0. The van der Waals surface area contributed by atoms with Gasteiger partial charge in [-0.05, 0) is 55.0 Å². The summed E-state index contributed by atoms with van der Waals surface area (Å²) in [5, 5.41) is 6.55. The van der Waals surface area contributed by atoms with Gasteiger partial charge in [0.1, 0.15) is 0 Å². The summed E-state index contributed by atoms with van der Waals surface area (Å²) >= 11 is 0. The van der Waals surface area contributed by atoms with Gasteiger partial charge in [0.05, 0.1) is 5.92 Å². The minimum atomic E-state index is 0.0279. The maximum absolute atomic E-state index is 12.9. The minimum absolute atomic E-state index is 0.0279. The molecule has 0 unspecified atom stereocenters. The lowest BCUT2D eigenvalue weighted by atomic mass is 9.79. The maximum atomic E-state index is 12.9. The normalized spacial score (nSPS) is 23.7. The summed E-state index contributed by atoms with van der Waals surface area (Å²) in [6.07, 6.45) is 5.72. The first-order valence-corrected chi connectivity index (χ1v) is 9.41. The molecule has 0 radical (unpaired) electrons. The molecular formula is C21H25N3O2. The van der Waals surface area contributed by atoms with Crippen LogP contribution in [0.1, 0.15) is 12.8 Å². The summed E-state index contributed by atoms with van der Waals surface area (Å²) in [4.78, 5) is 17.1. The monoisotopic (exact) mass is 351 g/mol. The summed E-state index contributed by atoms with van der Waals surface area (Å²) in [6, 6.07) is 11.9. The molecule has 3 heterocycles. The highest BCUT2D eigenvalue weighted by Crippen LogP contribution is 2.33. The quantitative estimate of drug-likeness (QED) is 0.889. The first kappa shape index (κ1) is 17.2. The van der Waals surface area contributed by atoms with Crippen LogP contribution in [-0.4, -0.2) is 37.2 Å². The molecule has 5 heteroatoms. The van der Waals surface area contributed by atoms with E-state index in [1.165, 1.54) is 0 Å². The van der Waals surface area contributed by atoms with Crippen molar-refractivity contribution < 1.29 is 9.53 Å². The van der Waals surface area contributed by atoms with Crippen molar-refractivity contribution in [3.05, 3.63) is 48.8 Å². The average molecular weight is 351 g/mol. The molecule has 5 nitrogen and oxygen atoms in total. The van der Waals surface area contributed by atoms with Crippen LogP contribution in [0.25, 0.3) is 11.1 Å². The highest BCUT2D eigenvalue weighted by Gasteiger charge is 2.38. The molecule has 0 bridgehead atoms. The van der Waals surface area contributed by atoms with Crippen LogP contribution in [-0.2, 0) is 9.53 Å². The van der Waals surface area contributed by atoms with Crippen molar-refractivity contribution in [2.45, 2.75) is 12.8 Å². The van der Waals surface area contributed by atoms with Crippen molar-refractivity contribution in [2.24, 2.45) is 17.8 Å².